The lowest BCUT2D eigenvalue weighted by Gasteiger charge is -2.06. The highest BCUT2D eigenvalue weighted by Crippen LogP contribution is 2.33. The molecule has 0 radical (unpaired) electrons. The number of imidazole rings is 2. The lowest BCUT2D eigenvalue weighted by Crippen LogP contribution is -2.09. The number of hydrogen-bond donors (Lipinski definition) is 0. The minimum Gasteiger partial charge on any atom is -0.310 e. The molecule has 0 aromatic carbocycles. The highest BCUT2D eigenvalue weighted by Gasteiger charge is 2.33. The van der Waals surface area contributed by atoms with Crippen LogP contribution in [0.4, 0.5) is 13.2 Å². The third kappa shape index (κ3) is 3.03. The van der Waals surface area contributed by atoms with Gasteiger partial charge in [-0.05, 0) is 18.2 Å². The van der Waals surface area contributed by atoms with Crippen LogP contribution in [0.3, 0.4) is 0 Å². The van der Waals surface area contributed by atoms with E-state index in [1.165, 1.54) is 41.3 Å². The van der Waals surface area contributed by atoms with Crippen molar-refractivity contribution in [3.8, 4) is 11.5 Å². The number of aldehydes is 1. The third-order valence-corrected chi connectivity index (χ3v) is 6.40. The first-order valence-electron chi connectivity index (χ1n) is 8.67. The lowest BCUT2D eigenvalue weighted by atomic mass is 10.2. The number of sulfone groups is 1. The van der Waals surface area contributed by atoms with Crippen LogP contribution in [0.25, 0.3) is 28.3 Å². The fraction of sp³-hybridized carbons (Fsp3) is 0.222. The molecule has 12 heteroatoms. The molecule has 0 saturated carbocycles. The maximum Gasteiger partial charge on any atom is 0.417 e. The Balaban J connectivity index is 2.05. The zero-order chi connectivity index (χ0) is 21.8. The van der Waals surface area contributed by atoms with E-state index in [1.807, 2.05) is 0 Å². The Morgan fingerprint density at radius 2 is 1.93 bits per heavy atom. The van der Waals surface area contributed by atoms with Gasteiger partial charge in [0.1, 0.15) is 23.1 Å². The molecule has 0 saturated heterocycles. The van der Waals surface area contributed by atoms with Crippen LogP contribution >= 0.6 is 0 Å². The van der Waals surface area contributed by atoms with E-state index in [4.69, 9.17) is 0 Å². The number of alkyl halides is 3. The van der Waals surface area contributed by atoms with Crippen LogP contribution in [0.2, 0.25) is 0 Å². The van der Waals surface area contributed by atoms with Crippen molar-refractivity contribution in [3.05, 3.63) is 41.7 Å². The van der Waals surface area contributed by atoms with Gasteiger partial charge in [-0.1, -0.05) is 6.92 Å². The standard InChI is InChI=1S/C18H14F3N5O3S/c1-3-30(28,29)17-14(24-13-6-10(9-27)4-5-26(13)17)16-23-12-7-11(18(19,20)21)8-22-15(12)25(16)2/h4-9H,3H2,1-2H3. The molecule has 0 aliphatic carbocycles. The molecule has 0 fully saturated rings. The number of halogens is 3. The maximum absolute atomic E-state index is 13.0. The van der Waals surface area contributed by atoms with Gasteiger partial charge in [0.25, 0.3) is 0 Å². The Morgan fingerprint density at radius 3 is 2.57 bits per heavy atom. The number of fused-ring (bicyclic) bond motifs is 2. The SMILES string of the molecule is CCS(=O)(=O)c1c(-c2nc3cc(C(F)(F)F)cnc3n2C)nc2cc(C=O)ccn12. The molecule has 4 aromatic rings. The Morgan fingerprint density at radius 1 is 1.20 bits per heavy atom. The van der Waals surface area contributed by atoms with E-state index in [0.29, 0.717) is 18.0 Å². The normalized spacial score (nSPS) is 12.7. The number of pyridine rings is 2. The molecule has 0 bridgehead atoms. The summed E-state index contributed by atoms with van der Waals surface area (Å²) in [5, 5.41) is -0.160. The number of carbonyl (C=O) groups is 1. The van der Waals surface area contributed by atoms with Crippen LogP contribution in [0.1, 0.15) is 22.8 Å². The second-order valence-electron chi connectivity index (χ2n) is 6.53. The van der Waals surface area contributed by atoms with Gasteiger partial charge in [0.05, 0.1) is 11.3 Å². The fourth-order valence-electron chi connectivity index (χ4n) is 3.13. The van der Waals surface area contributed by atoms with Crippen molar-refractivity contribution >= 4 is 32.9 Å². The minimum absolute atomic E-state index is 0.0334. The predicted octanol–water partition coefficient (Wildman–Crippen LogP) is 2.91. The Hall–Kier alpha value is -3.28. The van der Waals surface area contributed by atoms with Crippen LogP contribution in [0.15, 0.2) is 35.6 Å². The van der Waals surface area contributed by atoms with E-state index in [2.05, 4.69) is 15.0 Å². The molecule has 0 atom stereocenters. The number of aryl methyl sites for hydroxylation is 1. The van der Waals surface area contributed by atoms with Gasteiger partial charge in [0.15, 0.2) is 26.3 Å². The van der Waals surface area contributed by atoms with Gasteiger partial charge >= 0.3 is 6.18 Å². The first kappa shape index (κ1) is 20.0. The largest absolute Gasteiger partial charge is 0.417 e. The van der Waals surface area contributed by atoms with Crippen molar-refractivity contribution in [1.82, 2.24) is 23.9 Å². The number of aromatic nitrogens is 5. The third-order valence-electron chi connectivity index (χ3n) is 4.67. The Bertz CT molecular complexity index is 1420. The van der Waals surface area contributed by atoms with E-state index in [9.17, 15) is 26.4 Å². The van der Waals surface area contributed by atoms with Gasteiger partial charge in [-0.15, -0.1) is 0 Å². The van der Waals surface area contributed by atoms with E-state index >= 15 is 0 Å². The van der Waals surface area contributed by atoms with Crippen LogP contribution in [-0.4, -0.2) is 44.4 Å². The number of carbonyl (C=O) groups excluding carboxylic acids is 1. The lowest BCUT2D eigenvalue weighted by molar-refractivity contribution is -0.137. The van der Waals surface area contributed by atoms with Gasteiger partial charge in [0, 0.05) is 25.0 Å². The van der Waals surface area contributed by atoms with Crippen molar-refractivity contribution < 1.29 is 26.4 Å². The summed E-state index contributed by atoms with van der Waals surface area (Å²) in [5.41, 5.74) is -0.421. The highest BCUT2D eigenvalue weighted by atomic mass is 32.2. The zero-order valence-corrected chi connectivity index (χ0v) is 16.5. The van der Waals surface area contributed by atoms with Crippen LogP contribution < -0.4 is 0 Å². The predicted molar refractivity (Wildman–Crippen MR) is 101 cm³/mol. The average Bonchev–Trinajstić information content (AvgIpc) is 3.24. The quantitative estimate of drug-likeness (QED) is 0.455. The minimum atomic E-state index is -4.59. The first-order valence-corrected chi connectivity index (χ1v) is 10.3. The van der Waals surface area contributed by atoms with Crippen LogP contribution in [0.5, 0.6) is 0 Å². The summed E-state index contributed by atoms with van der Waals surface area (Å²) in [6.45, 7) is 1.46. The second kappa shape index (κ2) is 6.62. The molecule has 8 nitrogen and oxygen atoms in total. The van der Waals surface area contributed by atoms with Crippen molar-refractivity contribution in [1.29, 1.82) is 0 Å². The molecule has 0 aliphatic rings. The second-order valence-corrected chi connectivity index (χ2v) is 8.73. The first-order chi connectivity index (χ1) is 14.1. The molecule has 156 valence electrons. The number of hydrogen-bond acceptors (Lipinski definition) is 6. The summed E-state index contributed by atoms with van der Waals surface area (Å²) < 4.78 is 67.4. The van der Waals surface area contributed by atoms with Crippen molar-refractivity contribution in [2.45, 2.75) is 18.1 Å². The van der Waals surface area contributed by atoms with E-state index in [-0.39, 0.29) is 39.1 Å². The van der Waals surface area contributed by atoms with Crippen LogP contribution in [0, 0.1) is 0 Å². The topological polar surface area (TPSA) is 99.2 Å². The van der Waals surface area contributed by atoms with Gasteiger partial charge in [-0.2, -0.15) is 13.2 Å². The molecule has 0 aliphatic heterocycles. The maximum atomic E-state index is 13.0. The Labute approximate surface area is 167 Å². The fourth-order valence-corrected chi connectivity index (χ4v) is 4.29. The van der Waals surface area contributed by atoms with E-state index in [1.54, 1.807) is 0 Å². The molecule has 0 N–H and O–H groups in total. The number of rotatable bonds is 4. The van der Waals surface area contributed by atoms with E-state index in [0.717, 1.165) is 6.07 Å². The molecule has 0 amide bonds. The zero-order valence-electron chi connectivity index (χ0n) is 15.7. The Kier molecular flexibility index (Phi) is 4.42. The monoisotopic (exact) mass is 437 g/mol. The van der Waals surface area contributed by atoms with Gasteiger partial charge in [0.2, 0.25) is 0 Å². The van der Waals surface area contributed by atoms with Crippen molar-refractivity contribution in [3.63, 3.8) is 0 Å². The molecular weight excluding hydrogens is 423 g/mol. The molecule has 4 heterocycles. The smallest absolute Gasteiger partial charge is 0.310 e. The summed E-state index contributed by atoms with van der Waals surface area (Å²) in [6, 6.07) is 3.69. The van der Waals surface area contributed by atoms with Crippen LogP contribution in [-0.2, 0) is 23.1 Å². The van der Waals surface area contributed by atoms with Crippen molar-refractivity contribution in [2.75, 3.05) is 5.75 Å². The summed E-state index contributed by atoms with van der Waals surface area (Å²) in [6.07, 6.45) is -1.90. The summed E-state index contributed by atoms with van der Waals surface area (Å²) in [5.74, 6) is -0.191. The molecule has 0 spiro atoms. The summed E-state index contributed by atoms with van der Waals surface area (Å²) in [7, 11) is -2.30. The molecule has 4 rings (SSSR count). The molecule has 30 heavy (non-hydrogen) atoms. The average molecular weight is 437 g/mol. The van der Waals surface area contributed by atoms with E-state index < -0.39 is 21.6 Å². The number of nitrogens with zero attached hydrogens (tertiary/aromatic N) is 5. The summed E-state index contributed by atoms with van der Waals surface area (Å²) in [4.78, 5) is 23.4. The van der Waals surface area contributed by atoms with Crippen molar-refractivity contribution in [2.24, 2.45) is 7.05 Å². The van der Waals surface area contributed by atoms with Gasteiger partial charge in [-0.25, -0.2) is 23.4 Å². The molecule has 0 unspecified atom stereocenters. The summed E-state index contributed by atoms with van der Waals surface area (Å²) >= 11 is 0. The highest BCUT2D eigenvalue weighted by molar-refractivity contribution is 7.91. The van der Waals surface area contributed by atoms with Gasteiger partial charge < -0.3 is 4.57 Å². The van der Waals surface area contributed by atoms with Gasteiger partial charge in [-0.3, -0.25) is 9.20 Å². The molecular formula is C18H14F3N5O3S. The molecule has 4 aromatic heterocycles.